The van der Waals surface area contributed by atoms with Crippen LogP contribution in [0.5, 0.6) is 0 Å². The molecule has 0 atom stereocenters. The molecule has 6 nitrogen and oxygen atoms in total. The smallest absolute Gasteiger partial charge is 0.247 e. The summed E-state index contributed by atoms with van der Waals surface area (Å²) in [4.78, 5) is 1.36. The van der Waals surface area contributed by atoms with Gasteiger partial charge in [-0.15, -0.1) is 31.7 Å². The predicted octanol–water partition coefficient (Wildman–Crippen LogP) is 4.60. The van der Waals surface area contributed by atoms with Gasteiger partial charge in [-0.2, -0.15) is 0 Å². The molecule has 4 rings (SSSR count). The average molecular weight is 402 g/mol. The molecule has 0 saturated carbocycles. The number of rotatable bonds is 8. The quantitative estimate of drug-likeness (QED) is 0.432. The van der Waals surface area contributed by atoms with E-state index in [9.17, 15) is 0 Å². The van der Waals surface area contributed by atoms with Crippen molar-refractivity contribution < 1.29 is 4.42 Å². The summed E-state index contributed by atoms with van der Waals surface area (Å²) in [5.74, 6) is 1.69. The maximum Gasteiger partial charge on any atom is 0.247 e. The van der Waals surface area contributed by atoms with Crippen molar-refractivity contribution in [3.8, 4) is 11.5 Å². The molecule has 0 radical (unpaired) electrons. The molecule has 0 unspecified atom stereocenters. The summed E-state index contributed by atoms with van der Waals surface area (Å²) in [5.41, 5.74) is 0.921. The van der Waals surface area contributed by atoms with E-state index >= 15 is 0 Å². The van der Waals surface area contributed by atoms with E-state index in [4.69, 9.17) is 4.42 Å². The van der Waals surface area contributed by atoms with E-state index in [1.807, 2.05) is 30.3 Å². The first kappa shape index (κ1) is 17.2. The summed E-state index contributed by atoms with van der Waals surface area (Å²) < 4.78 is 6.58. The zero-order chi connectivity index (χ0) is 17.6. The lowest BCUT2D eigenvalue weighted by atomic mass is 10.2. The molecule has 3 aromatic heterocycles. The number of nitrogens with one attached hydrogen (secondary N) is 1. The molecule has 132 valence electrons. The van der Waals surface area contributed by atoms with Crippen LogP contribution in [-0.2, 0) is 12.2 Å². The fourth-order valence-electron chi connectivity index (χ4n) is 2.22. The molecule has 0 fully saturated rings. The van der Waals surface area contributed by atoms with E-state index < -0.39 is 0 Å². The van der Waals surface area contributed by atoms with Crippen molar-refractivity contribution >= 4 is 39.6 Å². The van der Waals surface area contributed by atoms with Crippen molar-refractivity contribution in [1.29, 1.82) is 0 Å². The van der Waals surface area contributed by atoms with Crippen molar-refractivity contribution in [3.05, 3.63) is 58.6 Å². The molecule has 1 N–H and O–H groups in total. The summed E-state index contributed by atoms with van der Waals surface area (Å²) in [7, 11) is 0. The molecule has 3 heterocycles. The maximum absolute atomic E-state index is 5.70. The largest absolute Gasteiger partial charge is 0.420 e. The Balaban J connectivity index is 1.27. The third-order valence-electron chi connectivity index (χ3n) is 3.44. The second-order valence-electron chi connectivity index (χ2n) is 5.28. The Kier molecular flexibility index (Phi) is 5.58. The maximum atomic E-state index is 5.70. The fraction of sp³-hybridized carbons (Fsp3) is 0.176. The van der Waals surface area contributed by atoms with E-state index in [0.717, 1.165) is 28.0 Å². The zero-order valence-electron chi connectivity index (χ0n) is 13.7. The van der Waals surface area contributed by atoms with Gasteiger partial charge in [0.25, 0.3) is 0 Å². The normalized spacial score (nSPS) is 10.9. The SMILES string of the molecule is c1ccc(-c2nnc(CSc3nnc(NCCc4cccs4)s3)o2)cc1. The summed E-state index contributed by atoms with van der Waals surface area (Å²) in [5, 5.41) is 22.8. The molecule has 1 aromatic carbocycles. The van der Waals surface area contributed by atoms with Crippen LogP contribution in [0.15, 0.2) is 56.6 Å². The number of thiophene rings is 1. The molecule has 0 amide bonds. The number of benzene rings is 1. The van der Waals surface area contributed by atoms with Gasteiger partial charge in [-0.1, -0.05) is 47.4 Å². The highest BCUT2D eigenvalue weighted by Gasteiger charge is 2.11. The van der Waals surface area contributed by atoms with Gasteiger partial charge in [0, 0.05) is 17.0 Å². The highest BCUT2D eigenvalue weighted by atomic mass is 32.2. The summed E-state index contributed by atoms with van der Waals surface area (Å²) >= 11 is 4.85. The lowest BCUT2D eigenvalue weighted by Gasteiger charge is -1.98. The summed E-state index contributed by atoms with van der Waals surface area (Å²) in [6, 6.07) is 14.0. The van der Waals surface area contributed by atoms with E-state index in [1.54, 1.807) is 23.1 Å². The lowest BCUT2D eigenvalue weighted by Crippen LogP contribution is -2.03. The topological polar surface area (TPSA) is 76.7 Å². The molecule has 0 aliphatic carbocycles. The molecule has 0 aliphatic rings. The van der Waals surface area contributed by atoms with Crippen LogP contribution in [0, 0.1) is 0 Å². The van der Waals surface area contributed by atoms with Gasteiger partial charge in [0.15, 0.2) is 4.34 Å². The van der Waals surface area contributed by atoms with E-state index in [-0.39, 0.29) is 0 Å². The highest BCUT2D eigenvalue weighted by molar-refractivity contribution is 8.00. The molecule has 0 spiro atoms. The van der Waals surface area contributed by atoms with E-state index in [1.165, 1.54) is 16.2 Å². The van der Waals surface area contributed by atoms with Crippen LogP contribution in [0.4, 0.5) is 5.13 Å². The minimum absolute atomic E-state index is 0.536. The van der Waals surface area contributed by atoms with Crippen molar-refractivity contribution in [2.45, 2.75) is 16.5 Å². The van der Waals surface area contributed by atoms with Crippen LogP contribution >= 0.6 is 34.4 Å². The van der Waals surface area contributed by atoms with Crippen LogP contribution in [0.2, 0.25) is 0 Å². The minimum Gasteiger partial charge on any atom is -0.420 e. The first-order valence-electron chi connectivity index (χ1n) is 7.97. The number of anilines is 1. The minimum atomic E-state index is 0.536. The van der Waals surface area contributed by atoms with Crippen molar-refractivity contribution in [2.24, 2.45) is 0 Å². The third-order valence-corrected chi connectivity index (χ3v) is 6.38. The second kappa shape index (κ2) is 8.43. The van der Waals surface area contributed by atoms with Crippen molar-refractivity contribution in [1.82, 2.24) is 20.4 Å². The van der Waals surface area contributed by atoms with Gasteiger partial charge in [0.05, 0.1) is 5.75 Å². The zero-order valence-corrected chi connectivity index (χ0v) is 16.1. The molecule has 0 aliphatic heterocycles. The number of nitrogens with zero attached hydrogens (tertiary/aromatic N) is 4. The number of aromatic nitrogens is 4. The molecule has 0 saturated heterocycles. The molecule has 26 heavy (non-hydrogen) atoms. The lowest BCUT2D eigenvalue weighted by molar-refractivity contribution is 0.528. The highest BCUT2D eigenvalue weighted by Crippen LogP contribution is 2.28. The van der Waals surface area contributed by atoms with E-state index in [0.29, 0.717) is 17.5 Å². The van der Waals surface area contributed by atoms with Crippen LogP contribution < -0.4 is 5.32 Å². The molecule has 9 heteroatoms. The Bertz CT molecular complexity index is 936. The molecular weight excluding hydrogens is 386 g/mol. The number of hydrogen-bond donors (Lipinski definition) is 1. The van der Waals surface area contributed by atoms with E-state index in [2.05, 4.69) is 43.2 Å². The fourth-order valence-corrected chi connectivity index (χ4v) is 4.54. The second-order valence-corrected chi connectivity index (χ2v) is 8.52. The predicted molar refractivity (Wildman–Crippen MR) is 106 cm³/mol. The Hall–Kier alpha value is -2.23. The van der Waals surface area contributed by atoms with Crippen LogP contribution in [-0.4, -0.2) is 26.9 Å². The first-order chi connectivity index (χ1) is 12.9. The molecule has 4 aromatic rings. The van der Waals surface area contributed by atoms with Gasteiger partial charge < -0.3 is 9.73 Å². The Labute approximate surface area is 162 Å². The van der Waals surface area contributed by atoms with Gasteiger partial charge in [0.1, 0.15) is 0 Å². The van der Waals surface area contributed by atoms with Crippen LogP contribution in [0.1, 0.15) is 10.8 Å². The standard InChI is InChI=1S/C17H15N5OS3/c1-2-5-12(6-3-1)15-20-19-14(23-15)11-25-17-22-21-16(26-17)18-9-8-13-7-4-10-24-13/h1-7,10H,8-9,11H2,(H,18,21). The van der Waals surface area contributed by atoms with Gasteiger partial charge in [0.2, 0.25) is 16.9 Å². The monoisotopic (exact) mass is 401 g/mol. The Morgan fingerprint density at radius 2 is 1.92 bits per heavy atom. The van der Waals surface area contributed by atoms with Gasteiger partial charge in [-0.25, -0.2) is 0 Å². The number of thioether (sulfide) groups is 1. The molecular formula is C17H15N5OS3. The summed E-state index contributed by atoms with van der Waals surface area (Å²) in [6.45, 7) is 0.851. The molecule has 0 bridgehead atoms. The van der Waals surface area contributed by atoms with Crippen LogP contribution in [0.25, 0.3) is 11.5 Å². The van der Waals surface area contributed by atoms with Crippen LogP contribution in [0.3, 0.4) is 0 Å². The average Bonchev–Trinajstić information content (AvgIpc) is 3.43. The number of hydrogen-bond acceptors (Lipinski definition) is 9. The van der Waals surface area contributed by atoms with Gasteiger partial charge in [-0.3, -0.25) is 0 Å². The van der Waals surface area contributed by atoms with Crippen molar-refractivity contribution in [3.63, 3.8) is 0 Å². The van der Waals surface area contributed by atoms with Gasteiger partial charge in [-0.05, 0) is 30.0 Å². The Morgan fingerprint density at radius 3 is 2.77 bits per heavy atom. The summed E-state index contributed by atoms with van der Waals surface area (Å²) in [6.07, 6.45) is 0.990. The van der Waals surface area contributed by atoms with Gasteiger partial charge >= 0.3 is 0 Å². The Morgan fingerprint density at radius 1 is 1.00 bits per heavy atom. The van der Waals surface area contributed by atoms with Crippen molar-refractivity contribution in [2.75, 3.05) is 11.9 Å². The third kappa shape index (κ3) is 4.48. The first-order valence-corrected chi connectivity index (χ1v) is 10.7.